The molecule has 0 amide bonds. The van der Waals surface area contributed by atoms with Gasteiger partial charge in [-0.1, -0.05) is 24.3 Å². The fourth-order valence-electron chi connectivity index (χ4n) is 2.22. The van der Waals surface area contributed by atoms with Crippen molar-refractivity contribution in [1.82, 2.24) is 4.98 Å². The molecule has 2 aromatic carbocycles. The number of aromatic nitrogens is 1. The molecule has 3 rings (SSSR count). The third-order valence-electron chi connectivity index (χ3n) is 3.14. The predicted octanol–water partition coefficient (Wildman–Crippen LogP) is 4.45. The molecule has 1 heterocycles. The number of pyridine rings is 1. The molecule has 3 aromatic rings. The van der Waals surface area contributed by atoms with E-state index in [0.29, 0.717) is 5.84 Å². The Hall–Kier alpha value is -2.75. The molecule has 21 heavy (non-hydrogen) atoms. The van der Waals surface area contributed by atoms with E-state index in [1.54, 1.807) is 13.0 Å². The van der Waals surface area contributed by atoms with Gasteiger partial charge in [0.25, 0.3) is 0 Å². The number of halogens is 1. The molecule has 3 nitrogen and oxygen atoms in total. The average molecular weight is 279 g/mol. The van der Waals surface area contributed by atoms with Crippen LogP contribution in [0.5, 0.6) is 0 Å². The fourth-order valence-corrected chi connectivity index (χ4v) is 2.22. The van der Waals surface area contributed by atoms with Gasteiger partial charge in [-0.15, -0.1) is 0 Å². The highest BCUT2D eigenvalue weighted by molar-refractivity contribution is 5.94. The zero-order valence-electron chi connectivity index (χ0n) is 11.5. The molecule has 0 bridgehead atoms. The maximum atomic E-state index is 13.3. The molecule has 0 saturated carbocycles. The molecule has 0 aliphatic carbocycles. The molecule has 0 aliphatic heterocycles. The quantitative estimate of drug-likeness (QED) is 0.538. The highest BCUT2D eigenvalue weighted by atomic mass is 19.1. The van der Waals surface area contributed by atoms with Crippen LogP contribution in [0.1, 0.15) is 6.92 Å². The fraction of sp³-hybridized carbons (Fsp3) is 0.0588. The molecule has 2 N–H and O–H groups in total. The number of nitrogens with zero attached hydrogens (tertiary/aromatic N) is 1. The highest BCUT2D eigenvalue weighted by Crippen LogP contribution is 2.23. The molecule has 4 heteroatoms. The van der Waals surface area contributed by atoms with Gasteiger partial charge >= 0.3 is 0 Å². The maximum absolute atomic E-state index is 13.3. The van der Waals surface area contributed by atoms with Crippen molar-refractivity contribution in [1.29, 1.82) is 5.41 Å². The Labute approximate surface area is 122 Å². The summed E-state index contributed by atoms with van der Waals surface area (Å²) in [6.07, 6.45) is 0. The third kappa shape index (κ3) is 2.89. The van der Waals surface area contributed by atoms with E-state index in [-0.39, 0.29) is 5.82 Å². The van der Waals surface area contributed by atoms with Gasteiger partial charge in [0.05, 0.1) is 17.0 Å². The van der Waals surface area contributed by atoms with E-state index in [1.807, 2.05) is 36.4 Å². The van der Waals surface area contributed by atoms with Crippen LogP contribution in [0.15, 0.2) is 54.6 Å². The largest absolute Gasteiger partial charge is 0.344 e. The summed E-state index contributed by atoms with van der Waals surface area (Å²) < 4.78 is 13.3. The Morgan fingerprint density at radius 3 is 2.67 bits per heavy atom. The van der Waals surface area contributed by atoms with Crippen LogP contribution >= 0.6 is 0 Å². The summed E-state index contributed by atoms with van der Waals surface area (Å²) in [6, 6.07) is 16.0. The second-order valence-electron chi connectivity index (χ2n) is 4.86. The van der Waals surface area contributed by atoms with E-state index in [9.17, 15) is 4.39 Å². The van der Waals surface area contributed by atoms with E-state index in [1.165, 1.54) is 12.1 Å². The third-order valence-corrected chi connectivity index (χ3v) is 3.14. The van der Waals surface area contributed by atoms with Gasteiger partial charge in [-0.25, -0.2) is 9.37 Å². The molecular formula is C17H14FN3. The van der Waals surface area contributed by atoms with Gasteiger partial charge in [-0.2, -0.15) is 0 Å². The first kappa shape index (κ1) is 13.2. The van der Waals surface area contributed by atoms with E-state index in [4.69, 9.17) is 5.41 Å². The number of amidine groups is 1. The molecule has 0 radical (unpaired) electrons. The Kier molecular flexibility index (Phi) is 3.36. The lowest BCUT2D eigenvalue weighted by atomic mass is 10.1. The van der Waals surface area contributed by atoms with Crippen molar-refractivity contribution in [3.05, 3.63) is 60.4 Å². The van der Waals surface area contributed by atoms with Gasteiger partial charge in [0, 0.05) is 16.6 Å². The van der Waals surface area contributed by atoms with Crippen LogP contribution in [0.3, 0.4) is 0 Å². The lowest BCUT2D eigenvalue weighted by molar-refractivity contribution is 0.628. The smallest absolute Gasteiger partial charge is 0.123 e. The summed E-state index contributed by atoms with van der Waals surface area (Å²) in [5.41, 5.74) is 3.10. The van der Waals surface area contributed by atoms with Crippen molar-refractivity contribution in [2.45, 2.75) is 6.92 Å². The molecule has 0 atom stereocenters. The Morgan fingerprint density at radius 1 is 1.10 bits per heavy atom. The number of benzene rings is 2. The van der Waals surface area contributed by atoms with E-state index in [0.717, 1.165) is 27.8 Å². The minimum atomic E-state index is -0.274. The Morgan fingerprint density at radius 2 is 1.90 bits per heavy atom. The van der Waals surface area contributed by atoms with E-state index in [2.05, 4.69) is 10.3 Å². The lowest BCUT2D eigenvalue weighted by Crippen LogP contribution is -2.04. The van der Waals surface area contributed by atoms with Crippen molar-refractivity contribution >= 4 is 22.4 Å². The lowest BCUT2D eigenvalue weighted by Gasteiger charge is -2.07. The van der Waals surface area contributed by atoms with Gasteiger partial charge in [0.2, 0.25) is 0 Å². The zero-order valence-corrected chi connectivity index (χ0v) is 11.5. The SMILES string of the molecule is CC(=N)Nc1ccc2ccc(-c3cccc(F)c3)nc2c1. The maximum Gasteiger partial charge on any atom is 0.123 e. The summed E-state index contributed by atoms with van der Waals surface area (Å²) in [7, 11) is 0. The van der Waals surface area contributed by atoms with Gasteiger partial charge in [-0.3, -0.25) is 5.41 Å². The summed E-state index contributed by atoms with van der Waals surface area (Å²) in [6.45, 7) is 1.68. The van der Waals surface area contributed by atoms with Crippen LogP contribution in [0.2, 0.25) is 0 Å². The molecule has 0 unspecified atom stereocenters. The summed E-state index contributed by atoms with van der Waals surface area (Å²) in [5.74, 6) is 0.0971. The van der Waals surface area contributed by atoms with Gasteiger partial charge in [0.15, 0.2) is 0 Å². The topological polar surface area (TPSA) is 48.8 Å². The molecule has 104 valence electrons. The van der Waals surface area contributed by atoms with Crippen molar-refractivity contribution in [3.8, 4) is 11.3 Å². The van der Waals surface area contributed by atoms with E-state index < -0.39 is 0 Å². The van der Waals surface area contributed by atoms with Crippen LogP contribution in [-0.2, 0) is 0 Å². The van der Waals surface area contributed by atoms with Gasteiger partial charge in [0.1, 0.15) is 5.82 Å². The molecule has 1 aromatic heterocycles. The molecule has 0 spiro atoms. The number of nitrogens with one attached hydrogen (secondary N) is 2. The summed E-state index contributed by atoms with van der Waals surface area (Å²) in [5, 5.41) is 11.4. The number of fused-ring (bicyclic) bond motifs is 1. The van der Waals surface area contributed by atoms with Crippen LogP contribution < -0.4 is 5.32 Å². The predicted molar refractivity (Wildman–Crippen MR) is 84.2 cm³/mol. The second kappa shape index (κ2) is 5.32. The van der Waals surface area contributed by atoms with Crippen molar-refractivity contribution in [3.63, 3.8) is 0 Å². The first-order chi connectivity index (χ1) is 10.1. The van der Waals surface area contributed by atoms with Gasteiger partial charge < -0.3 is 5.32 Å². The number of hydrogen-bond donors (Lipinski definition) is 2. The monoisotopic (exact) mass is 279 g/mol. The molecule has 0 fully saturated rings. The van der Waals surface area contributed by atoms with E-state index >= 15 is 0 Å². The number of rotatable bonds is 2. The van der Waals surface area contributed by atoms with Crippen molar-refractivity contribution < 1.29 is 4.39 Å². The summed E-state index contributed by atoms with van der Waals surface area (Å²) in [4.78, 5) is 4.58. The standard InChI is InChI=1S/C17H14FN3/c1-11(19)20-15-7-5-12-6-8-16(21-17(12)10-15)13-3-2-4-14(18)9-13/h2-10H,1H3,(H2,19,20). The minimum absolute atomic E-state index is 0.274. The Bertz CT molecular complexity index is 827. The number of anilines is 1. The van der Waals surface area contributed by atoms with Crippen LogP contribution in [0.4, 0.5) is 10.1 Å². The summed E-state index contributed by atoms with van der Waals surface area (Å²) >= 11 is 0. The normalized spacial score (nSPS) is 10.6. The van der Waals surface area contributed by atoms with Crippen LogP contribution in [0, 0.1) is 11.2 Å². The van der Waals surface area contributed by atoms with Crippen molar-refractivity contribution in [2.75, 3.05) is 5.32 Å². The van der Waals surface area contributed by atoms with Crippen LogP contribution in [0.25, 0.3) is 22.2 Å². The molecular weight excluding hydrogens is 265 g/mol. The first-order valence-electron chi connectivity index (χ1n) is 6.61. The van der Waals surface area contributed by atoms with Crippen molar-refractivity contribution in [2.24, 2.45) is 0 Å². The van der Waals surface area contributed by atoms with Gasteiger partial charge in [-0.05, 0) is 37.3 Å². The zero-order chi connectivity index (χ0) is 14.8. The first-order valence-corrected chi connectivity index (χ1v) is 6.61. The number of hydrogen-bond acceptors (Lipinski definition) is 2. The second-order valence-corrected chi connectivity index (χ2v) is 4.86. The van der Waals surface area contributed by atoms with Crippen LogP contribution in [-0.4, -0.2) is 10.8 Å². The average Bonchev–Trinajstić information content (AvgIpc) is 2.46. The Balaban J connectivity index is 2.07. The minimum Gasteiger partial charge on any atom is -0.344 e. The molecule has 0 saturated heterocycles. The highest BCUT2D eigenvalue weighted by Gasteiger charge is 2.04. The molecule has 0 aliphatic rings.